The third-order valence-electron chi connectivity index (χ3n) is 12.6. The van der Waals surface area contributed by atoms with Gasteiger partial charge in [-0.15, -0.1) is 0 Å². The van der Waals surface area contributed by atoms with Gasteiger partial charge in [0, 0.05) is 99.6 Å². The van der Waals surface area contributed by atoms with Crippen molar-refractivity contribution in [2.75, 3.05) is 27.9 Å². The van der Waals surface area contributed by atoms with Crippen molar-refractivity contribution in [3.05, 3.63) is 212 Å². The fourth-order valence-corrected chi connectivity index (χ4v) is 9.67. The van der Waals surface area contributed by atoms with Crippen LogP contribution in [0.1, 0.15) is 98.5 Å². The molecule has 95 heavy (non-hydrogen) atoms. The molecule has 0 aliphatic carbocycles. The second kappa shape index (κ2) is 50.6. The van der Waals surface area contributed by atoms with Gasteiger partial charge in [-0.3, -0.25) is 23.6 Å². The minimum Gasteiger partial charge on any atom is -1.00 e. The number of esters is 2. The normalized spacial score (nSPS) is 12.1. The number of aliphatic carboxylic acids is 1. The summed E-state index contributed by atoms with van der Waals surface area (Å²) in [5.74, 6) is -0.487. The van der Waals surface area contributed by atoms with Crippen LogP contribution in [0.15, 0.2) is 196 Å². The van der Waals surface area contributed by atoms with Crippen LogP contribution in [0.4, 0.5) is 0 Å². The first kappa shape index (κ1) is 92.4. The number of hydrogen-bond donors (Lipinski definition) is 2. The predicted molar refractivity (Wildman–Crippen MR) is 375 cm³/mol. The standard InChI is InChI=1S/C20H19BrN2O3.C19H17BrN2O3.C11H11BrN2O.C9H9BrO2.C5H10O2.CH2O3.4CH4.2K.H/c1-3-23-12-11-17(22-23)16-13-15(21)9-10-18(16)26-19(20(24)25-2)14-7-5-4-6-8-14;1-2-22-11-10-16(21-22)15-12-14(20)8-9-17(15)25-18(19(23)24)13-6-4-3-5-7-13;1-2-14-6-5-10(13-14)9-7-8(12)3-4-11(9)15;1-12-9(11)8(10)7-5-3-2-4-6-7;1-6-5-3-2-4-7-5;2-1-4-3;;;;;;;/h4-13,19H,3H2,1-2H3;3-12,18H,2H2,1H3,(H,23,24);3-7,15H,2H2,1H3;2-6,8H,1H3;5H,2-4H2,1H3;1,3H;4*1H4;;;/q;;;;;;;;;;2*+1;-1/p-1. The Hall–Kier alpha value is -4.70. The van der Waals surface area contributed by atoms with Crippen molar-refractivity contribution in [2.24, 2.45) is 0 Å². The van der Waals surface area contributed by atoms with E-state index in [-0.39, 0.29) is 163 Å². The van der Waals surface area contributed by atoms with E-state index in [1.807, 2.05) is 175 Å². The molecule has 1 aliphatic rings. The largest absolute Gasteiger partial charge is 1.00 e. The van der Waals surface area contributed by atoms with Crippen molar-refractivity contribution in [3.8, 4) is 51.0 Å². The first-order valence-electron chi connectivity index (χ1n) is 27.6. The van der Waals surface area contributed by atoms with Gasteiger partial charge in [0.1, 0.15) is 22.1 Å². The zero-order valence-electron chi connectivity index (χ0n) is 52.4. The number of phenols is 1. The molecule has 4 unspecified atom stereocenters. The molecule has 1 aliphatic heterocycles. The second-order valence-electron chi connectivity index (χ2n) is 18.5. The van der Waals surface area contributed by atoms with E-state index in [0.29, 0.717) is 17.1 Å². The molecule has 3 aromatic heterocycles. The van der Waals surface area contributed by atoms with E-state index in [4.69, 9.17) is 33.7 Å². The Bertz CT molecular complexity index is 3610. The summed E-state index contributed by atoms with van der Waals surface area (Å²) in [4.78, 5) is 46.0. The van der Waals surface area contributed by atoms with Crippen molar-refractivity contribution < 1.29 is 172 Å². The molecule has 0 bridgehead atoms. The number of alkyl halides is 1. The van der Waals surface area contributed by atoms with E-state index in [2.05, 4.69) is 88.6 Å². The van der Waals surface area contributed by atoms with Crippen LogP contribution >= 0.6 is 63.7 Å². The molecule has 1 fully saturated rings. The van der Waals surface area contributed by atoms with Crippen LogP contribution in [0.25, 0.3) is 33.8 Å². The summed E-state index contributed by atoms with van der Waals surface area (Å²) in [6, 6.07) is 49.7. The number of carbonyl (C=O) groups is 4. The van der Waals surface area contributed by atoms with Gasteiger partial charge in [0.05, 0.1) is 31.3 Å². The molecular weight excluding hydrogens is 1530 g/mol. The van der Waals surface area contributed by atoms with Gasteiger partial charge in [-0.2, -0.15) is 15.3 Å². The molecule has 4 heterocycles. The van der Waals surface area contributed by atoms with Gasteiger partial charge in [-0.05, 0) is 106 Å². The fraction of sp³-hybridized carbons (Fsp3) is 0.290. The maximum absolute atomic E-state index is 12.3. The Morgan fingerprint density at radius 3 is 1.29 bits per heavy atom. The average molecular weight is 1620 g/mol. The van der Waals surface area contributed by atoms with E-state index >= 15 is 0 Å². The summed E-state index contributed by atoms with van der Waals surface area (Å²) in [5.41, 5.74) is 6.81. The third-order valence-corrected chi connectivity index (χ3v) is 15.0. The number of carboxylic acid groups (broad SMARTS) is 1. The monoisotopic (exact) mass is 1610 g/mol. The molecule has 26 heteroatoms. The minimum atomic E-state index is -1.09. The fourth-order valence-electron chi connectivity index (χ4n) is 8.09. The molecule has 6 aromatic carbocycles. The molecule has 1 saturated heterocycles. The number of phenolic OH excluding ortho intramolecular Hbond substituents is 1. The Kier molecular flexibility index (Phi) is 49.2. The average Bonchev–Trinajstić information content (AvgIpc) is 1.40. The number of aromatic nitrogens is 6. The van der Waals surface area contributed by atoms with Gasteiger partial charge in [0.25, 0.3) is 6.47 Å². The van der Waals surface area contributed by atoms with E-state index in [1.54, 1.807) is 49.6 Å². The van der Waals surface area contributed by atoms with E-state index in [0.717, 1.165) is 97.4 Å². The molecule has 4 atom stereocenters. The number of halogens is 4. The molecule has 10 rings (SSSR count). The quantitative estimate of drug-likeness (QED) is 0.0202. The first-order valence-corrected chi connectivity index (χ1v) is 30.9. The number of benzene rings is 6. The van der Waals surface area contributed by atoms with E-state index in [1.165, 1.54) is 14.2 Å². The van der Waals surface area contributed by atoms with Crippen LogP contribution in [-0.2, 0) is 62.6 Å². The van der Waals surface area contributed by atoms with Crippen molar-refractivity contribution in [1.82, 2.24) is 29.3 Å². The number of aryl methyl sites for hydroxylation is 3. The summed E-state index contributed by atoms with van der Waals surface area (Å²) >= 11 is 13.5. The number of ether oxygens (including phenoxy) is 6. The molecule has 0 saturated carbocycles. The van der Waals surface area contributed by atoms with Gasteiger partial charge in [0.2, 0.25) is 12.2 Å². The zero-order valence-corrected chi connectivity index (χ0v) is 64.0. The van der Waals surface area contributed by atoms with Crippen LogP contribution in [-0.4, -0.2) is 98.2 Å². The van der Waals surface area contributed by atoms with Crippen LogP contribution in [0.3, 0.4) is 0 Å². The number of hydrogen-bond acceptors (Lipinski definition) is 16. The molecule has 0 amide bonds. The van der Waals surface area contributed by atoms with Crippen LogP contribution in [0.5, 0.6) is 17.2 Å². The molecule has 0 spiro atoms. The maximum Gasteiger partial charge on any atom is 1.00 e. The van der Waals surface area contributed by atoms with Gasteiger partial charge >= 0.3 is 121 Å². The summed E-state index contributed by atoms with van der Waals surface area (Å²) in [6.07, 6.45) is 6.06. The number of nitrogens with zero attached hydrogens (tertiary/aromatic N) is 6. The second-order valence-corrected chi connectivity index (χ2v) is 22.1. The Labute approximate surface area is 678 Å². The van der Waals surface area contributed by atoms with Gasteiger partial charge in [-0.1, -0.05) is 184 Å². The Morgan fingerprint density at radius 1 is 0.589 bits per heavy atom. The molecule has 0 radical (unpaired) electrons. The van der Waals surface area contributed by atoms with Crippen molar-refractivity contribution in [2.45, 2.75) is 106 Å². The number of rotatable bonds is 18. The molecule has 504 valence electrons. The van der Waals surface area contributed by atoms with E-state index in [9.17, 15) is 24.6 Å². The van der Waals surface area contributed by atoms with Crippen LogP contribution < -0.4 is 118 Å². The van der Waals surface area contributed by atoms with E-state index < -0.39 is 24.1 Å². The summed E-state index contributed by atoms with van der Waals surface area (Å²) < 4.78 is 39.6. The summed E-state index contributed by atoms with van der Waals surface area (Å²) in [5, 5.41) is 41.1. The summed E-state index contributed by atoms with van der Waals surface area (Å²) in [7, 11) is 4.41. The van der Waals surface area contributed by atoms with Crippen LogP contribution in [0.2, 0.25) is 0 Å². The maximum atomic E-state index is 12.3. The third kappa shape index (κ3) is 30.5. The van der Waals surface area contributed by atoms with Gasteiger partial charge in [-0.25, -0.2) is 9.59 Å². The minimum absolute atomic E-state index is 0. The number of carboxylic acids is 1. The number of carbonyl (C=O) groups excluding carboxylic acids is 3. The molecular formula is C69H84Br4K2N6O14. The molecule has 2 N–H and O–H groups in total. The smallest absolute Gasteiger partial charge is 1.00 e. The predicted octanol–water partition coefficient (Wildman–Crippen LogP) is 10.4. The SMILES string of the molecule is C.C.C.C.CCn1ccc(-c2cc(Br)ccc2O)n1.CCn1ccc(-c2cc(Br)ccc2OC(C(=O)O)c2ccccc2)n1.CCn1ccc(-c2cc(Br)ccc2OC(C(=O)OC)c2ccccc2)n1.COC(=O)C(Br)c1ccccc1.COC1CCCO1.O=CO[O-].[H-].[K+].[K+]. The number of aromatic hydroxyl groups is 1. The van der Waals surface area contributed by atoms with Gasteiger partial charge < -0.3 is 50.2 Å². The molecule has 9 aromatic rings. The topological polar surface area (TPSA) is 250 Å². The van der Waals surface area contributed by atoms with Gasteiger partial charge in [0.15, 0.2) is 6.29 Å². The van der Waals surface area contributed by atoms with Crippen molar-refractivity contribution in [3.63, 3.8) is 0 Å². The molecule has 20 nitrogen and oxygen atoms in total. The zero-order chi connectivity index (χ0) is 64.7. The first-order chi connectivity index (χ1) is 43.0. The van der Waals surface area contributed by atoms with Crippen molar-refractivity contribution >= 4 is 88.1 Å². The number of methoxy groups -OCH3 is 3. The Balaban J connectivity index is -0.00000115. The summed E-state index contributed by atoms with van der Waals surface area (Å²) in [6.45, 7) is 9.11. The Morgan fingerprint density at radius 2 is 0.958 bits per heavy atom. The van der Waals surface area contributed by atoms with Crippen molar-refractivity contribution in [1.29, 1.82) is 0 Å². The van der Waals surface area contributed by atoms with Crippen LogP contribution in [0, 0.1) is 0 Å².